The molecular weight excluding hydrogens is 640 g/mol. The minimum atomic E-state index is -1.77. The molecule has 0 amide bonds. The molecule has 0 saturated carbocycles. The van der Waals surface area contributed by atoms with E-state index in [0.717, 1.165) is 47.1 Å². The van der Waals surface area contributed by atoms with E-state index in [1.807, 2.05) is 31.2 Å². The fourth-order valence-corrected chi connectivity index (χ4v) is 4.85. The number of benzene rings is 2. The van der Waals surface area contributed by atoms with Crippen LogP contribution in [0.4, 0.5) is 0 Å². The molecule has 256 valence electrons. The Kier molecular flexibility index (Phi) is 15.2. The zero-order valence-electron chi connectivity index (χ0n) is 27.2. The number of esters is 6. The van der Waals surface area contributed by atoms with Gasteiger partial charge in [-0.15, -0.1) is 0 Å². The molecule has 13 nitrogen and oxygen atoms in total. The number of halogens is 1. The van der Waals surface area contributed by atoms with Crippen LogP contribution in [0.25, 0.3) is 0 Å². The number of hydrogen-bond donors (Lipinski definition) is 0. The van der Waals surface area contributed by atoms with Crippen LogP contribution in [0.15, 0.2) is 42.5 Å². The SMILES string of the molecule is CCOc1ccc(Cc2cc(C(OC(C)=O)[C@H](OC(C)=O)[C@@H](OC(C)=O)[C@H](OC(C)=O)[C@@H](COC(C)=O)OC(C)=O)ccc2Cl)cc1. The van der Waals surface area contributed by atoms with Gasteiger partial charge < -0.3 is 33.2 Å². The van der Waals surface area contributed by atoms with Gasteiger partial charge in [0.25, 0.3) is 0 Å². The fraction of sp³-hybridized carbons (Fsp3) is 0.455. The van der Waals surface area contributed by atoms with Gasteiger partial charge in [0.05, 0.1) is 6.61 Å². The standard InChI is InChI=1S/C33H39ClO13/c1-8-41-27-12-9-24(10-13-27)15-26-16-25(11-14-28(26)34)30(44-20(4)37)32(46-22(6)39)33(47-23(7)40)31(45-21(5)38)29(43-19(3)36)17-42-18(2)35/h9-14,16,29-33H,8,15,17H2,1-7H3/t29-,30?,31-,32+,33+/m1/s1. The quantitative estimate of drug-likeness (QED) is 0.183. The molecule has 2 aromatic carbocycles. The molecular formula is C33H39ClO13. The molecule has 0 aliphatic carbocycles. The minimum absolute atomic E-state index is 0.263. The van der Waals surface area contributed by atoms with Gasteiger partial charge in [0.15, 0.2) is 30.5 Å². The van der Waals surface area contributed by atoms with Crippen LogP contribution >= 0.6 is 11.6 Å². The molecule has 0 aromatic heterocycles. The molecule has 0 heterocycles. The third kappa shape index (κ3) is 12.9. The summed E-state index contributed by atoms with van der Waals surface area (Å²) in [7, 11) is 0. The topological polar surface area (TPSA) is 167 Å². The van der Waals surface area contributed by atoms with Crippen molar-refractivity contribution in [1.29, 1.82) is 0 Å². The van der Waals surface area contributed by atoms with Crippen molar-refractivity contribution in [2.75, 3.05) is 13.2 Å². The van der Waals surface area contributed by atoms with Gasteiger partial charge in [0, 0.05) is 46.6 Å². The Balaban J connectivity index is 2.75. The maximum Gasteiger partial charge on any atom is 0.303 e. The highest BCUT2D eigenvalue weighted by atomic mass is 35.5. The Morgan fingerprint density at radius 1 is 0.638 bits per heavy atom. The average Bonchev–Trinajstić information content (AvgIpc) is 2.96. The highest BCUT2D eigenvalue weighted by Gasteiger charge is 2.48. The van der Waals surface area contributed by atoms with Gasteiger partial charge in [-0.1, -0.05) is 35.9 Å². The number of rotatable bonds is 16. The van der Waals surface area contributed by atoms with Crippen LogP contribution in [0.5, 0.6) is 5.75 Å². The largest absolute Gasteiger partial charge is 0.494 e. The molecule has 47 heavy (non-hydrogen) atoms. The number of carbonyl (C=O) groups excluding carboxylic acids is 6. The maximum absolute atomic E-state index is 12.5. The zero-order chi connectivity index (χ0) is 35.3. The third-order valence-corrected chi connectivity index (χ3v) is 6.68. The Labute approximate surface area is 277 Å². The first-order valence-electron chi connectivity index (χ1n) is 14.6. The van der Waals surface area contributed by atoms with E-state index in [4.69, 9.17) is 44.8 Å². The van der Waals surface area contributed by atoms with E-state index >= 15 is 0 Å². The Morgan fingerprint density at radius 2 is 1.17 bits per heavy atom. The van der Waals surface area contributed by atoms with Gasteiger partial charge in [-0.05, 0) is 48.2 Å². The molecule has 0 aliphatic heterocycles. The van der Waals surface area contributed by atoms with E-state index in [1.54, 1.807) is 12.1 Å². The van der Waals surface area contributed by atoms with E-state index in [-0.39, 0.29) is 5.56 Å². The third-order valence-electron chi connectivity index (χ3n) is 6.31. The molecule has 0 bridgehead atoms. The van der Waals surface area contributed by atoms with Crippen LogP contribution in [-0.4, -0.2) is 73.4 Å². The lowest BCUT2D eigenvalue weighted by Gasteiger charge is -2.38. The van der Waals surface area contributed by atoms with Gasteiger partial charge >= 0.3 is 35.8 Å². The van der Waals surface area contributed by atoms with Crippen molar-refractivity contribution in [3.63, 3.8) is 0 Å². The van der Waals surface area contributed by atoms with Crippen LogP contribution in [0.1, 0.15) is 71.3 Å². The Bertz CT molecular complexity index is 1420. The number of ether oxygens (including phenoxy) is 7. The smallest absolute Gasteiger partial charge is 0.303 e. The Morgan fingerprint density at radius 3 is 1.68 bits per heavy atom. The summed E-state index contributed by atoms with van der Waals surface area (Å²) in [6.07, 6.45) is -7.89. The predicted molar refractivity (Wildman–Crippen MR) is 165 cm³/mol. The lowest BCUT2D eigenvalue weighted by molar-refractivity contribution is -0.214. The van der Waals surface area contributed by atoms with Crippen LogP contribution in [0.3, 0.4) is 0 Å². The molecule has 1 unspecified atom stereocenters. The summed E-state index contributed by atoms with van der Waals surface area (Å²) in [5.74, 6) is -4.47. The molecule has 0 N–H and O–H groups in total. The molecule has 2 rings (SSSR count). The normalized spacial score (nSPS) is 13.9. The molecule has 0 spiro atoms. The second-order valence-corrected chi connectivity index (χ2v) is 10.7. The molecule has 0 radical (unpaired) electrons. The van der Waals surface area contributed by atoms with Gasteiger partial charge in [0.2, 0.25) is 0 Å². The van der Waals surface area contributed by atoms with Crippen molar-refractivity contribution in [2.24, 2.45) is 0 Å². The van der Waals surface area contributed by atoms with Crippen LogP contribution in [0, 0.1) is 0 Å². The van der Waals surface area contributed by atoms with Gasteiger partial charge in [-0.2, -0.15) is 0 Å². The first-order chi connectivity index (χ1) is 22.1. The average molecular weight is 679 g/mol. The van der Waals surface area contributed by atoms with E-state index in [1.165, 1.54) is 6.07 Å². The first kappa shape index (κ1) is 38.5. The summed E-state index contributed by atoms with van der Waals surface area (Å²) >= 11 is 6.56. The lowest BCUT2D eigenvalue weighted by atomic mass is 9.92. The lowest BCUT2D eigenvalue weighted by Crippen LogP contribution is -2.54. The fourth-order valence-electron chi connectivity index (χ4n) is 4.66. The van der Waals surface area contributed by atoms with Crippen molar-refractivity contribution in [1.82, 2.24) is 0 Å². The monoisotopic (exact) mass is 678 g/mol. The van der Waals surface area contributed by atoms with E-state index < -0.39 is 72.9 Å². The summed E-state index contributed by atoms with van der Waals surface area (Å²) in [6.45, 7) is 8.13. The van der Waals surface area contributed by atoms with Gasteiger partial charge in [-0.3, -0.25) is 28.8 Å². The van der Waals surface area contributed by atoms with Crippen molar-refractivity contribution in [3.8, 4) is 5.75 Å². The number of hydrogen-bond acceptors (Lipinski definition) is 13. The Hall–Kier alpha value is -4.65. The molecule has 0 fully saturated rings. The molecule has 0 saturated heterocycles. The minimum Gasteiger partial charge on any atom is -0.494 e. The summed E-state index contributed by atoms with van der Waals surface area (Å²) in [4.78, 5) is 73.5. The van der Waals surface area contributed by atoms with Crippen molar-refractivity contribution in [3.05, 3.63) is 64.2 Å². The van der Waals surface area contributed by atoms with Crippen LogP contribution in [-0.2, 0) is 63.6 Å². The summed E-state index contributed by atoms with van der Waals surface area (Å²) in [5.41, 5.74) is 1.73. The molecule has 2 aromatic rings. The first-order valence-corrected chi connectivity index (χ1v) is 15.0. The van der Waals surface area contributed by atoms with Crippen molar-refractivity contribution < 1.29 is 61.9 Å². The van der Waals surface area contributed by atoms with Gasteiger partial charge in [-0.25, -0.2) is 0 Å². The summed E-state index contributed by atoms with van der Waals surface area (Å²) in [6, 6.07) is 12.0. The second kappa shape index (κ2) is 18.5. The van der Waals surface area contributed by atoms with E-state index in [9.17, 15) is 28.8 Å². The molecule has 0 aliphatic rings. The molecule has 5 atom stereocenters. The molecule has 14 heteroatoms. The summed E-state index contributed by atoms with van der Waals surface area (Å²) < 4.78 is 38.2. The van der Waals surface area contributed by atoms with Crippen molar-refractivity contribution >= 4 is 47.4 Å². The predicted octanol–water partition coefficient (Wildman–Crippen LogP) is 4.22. The highest BCUT2D eigenvalue weighted by Crippen LogP contribution is 2.34. The maximum atomic E-state index is 12.5. The highest BCUT2D eigenvalue weighted by molar-refractivity contribution is 6.31. The second-order valence-electron chi connectivity index (χ2n) is 10.3. The van der Waals surface area contributed by atoms with E-state index in [0.29, 0.717) is 29.4 Å². The zero-order valence-corrected chi connectivity index (χ0v) is 28.0. The van der Waals surface area contributed by atoms with Gasteiger partial charge in [0.1, 0.15) is 12.4 Å². The van der Waals surface area contributed by atoms with Crippen LogP contribution in [0.2, 0.25) is 5.02 Å². The number of carbonyl (C=O) groups is 6. The summed E-state index contributed by atoms with van der Waals surface area (Å²) in [5, 5.41) is 0.374. The van der Waals surface area contributed by atoms with Crippen LogP contribution < -0.4 is 4.74 Å². The van der Waals surface area contributed by atoms with E-state index in [2.05, 4.69) is 0 Å². The van der Waals surface area contributed by atoms with Crippen molar-refractivity contribution in [2.45, 2.75) is 85.4 Å².